The van der Waals surface area contributed by atoms with Gasteiger partial charge >= 0.3 is 0 Å². The molecule has 1 N–H and O–H groups in total. The number of nitrogens with zero attached hydrogens (tertiary/aromatic N) is 2. The van der Waals surface area contributed by atoms with E-state index in [1.54, 1.807) is 25.3 Å². The second-order valence-electron chi connectivity index (χ2n) is 6.41. The Morgan fingerprint density at radius 1 is 1.10 bits per heavy atom. The number of para-hydroxylation sites is 1. The summed E-state index contributed by atoms with van der Waals surface area (Å²) in [5, 5.41) is 8.02. The van der Waals surface area contributed by atoms with Crippen molar-refractivity contribution in [1.29, 1.82) is 0 Å². The van der Waals surface area contributed by atoms with Gasteiger partial charge in [0.2, 0.25) is 0 Å². The number of hydrogen-bond acceptors (Lipinski definition) is 5. The lowest BCUT2D eigenvalue weighted by Gasteiger charge is -2.08. The molecule has 7 nitrogen and oxygen atoms in total. The number of methoxy groups -OCH3 is 1. The molecule has 0 aliphatic rings. The number of amides is 1. The molecule has 0 spiro atoms. The normalized spacial score (nSPS) is 10.8. The average Bonchev–Trinajstić information content (AvgIpc) is 3.19. The molecule has 0 bridgehead atoms. The van der Waals surface area contributed by atoms with Crippen molar-refractivity contribution in [2.45, 2.75) is 6.54 Å². The zero-order chi connectivity index (χ0) is 20.2. The van der Waals surface area contributed by atoms with E-state index in [0.717, 1.165) is 16.7 Å². The Bertz CT molecular complexity index is 1180. The van der Waals surface area contributed by atoms with Crippen LogP contribution in [-0.2, 0) is 6.54 Å². The second kappa shape index (κ2) is 8.02. The summed E-state index contributed by atoms with van der Waals surface area (Å²) in [6, 6.07) is 19.7. The highest BCUT2D eigenvalue weighted by atomic mass is 16.5. The van der Waals surface area contributed by atoms with Crippen LogP contribution in [-0.4, -0.2) is 29.3 Å². The van der Waals surface area contributed by atoms with Gasteiger partial charge in [-0.2, -0.15) is 5.10 Å². The van der Waals surface area contributed by atoms with Gasteiger partial charge in [0, 0.05) is 23.6 Å². The summed E-state index contributed by atoms with van der Waals surface area (Å²) in [5.41, 5.74) is 1.95. The van der Waals surface area contributed by atoms with Crippen LogP contribution in [0.25, 0.3) is 22.2 Å². The quantitative estimate of drug-likeness (QED) is 0.548. The Labute approximate surface area is 166 Å². The third-order valence-electron chi connectivity index (χ3n) is 4.51. The number of aromatic nitrogens is 2. The highest BCUT2D eigenvalue weighted by Crippen LogP contribution is 2.20. The van der Waals surface area contributed by atoms with Crippen LogP contribution in [0.4, 0.5) is 0 Å². The van der Waals surface area contributed by atoms with Crippen LogP contribution in [0.5, 0.6) is 5.75 Å². The molecule has 1 amide bonds. The van der Waals surface area contributed by atoms with Crippen LogP contribution in [0.3, 0.4) is 0 Å². The molecule has 0 atom stereocenters. The maximum atomic E-state index is 12.3. The molecule has 0 unspecified atom stereocenters. The number of ether oxygens (including phenoxy) is 1. The summed E-state index contributed by atoms with van der Waals surface area (Å²) in [4.78, 5) is 24.4. The Morgan fingerprint density at radius 3 is 2.66 bits per heavy atom. The first-order chi connectivity index (χ1) is 14.1. The van der Waals surface area contributed by atoms with E-state index in [2.05, 4.69) is 10.4 Å². The summed E-state index contributed by atoms with van der Waals surface area (Å²) < 4.78 is 12.0. The third-order valence-corrected chi connectivity index (χ3v) is 4.51. The van der Waals surface area contributed by atoms with Crippen LogP contribution < -0.4 is 15.6 Å². The number of furan rings is 1. The first-order valence-corrected chi connectivity index (χ1v) is 9.13. The first-order valence-electron chi connectivity index (χ1n) is 9.13. The molecule has 146 valence electrons. The number of rotatable bonds is 6. The van der Waals surface area contributed by atoms with Crippen molar-refractivity contribution in [2.75, 3.05) is 13.7 Å². The number of nitrogens with one attached hydrogen (secondary N) is 1. The Morgan fingerprint density at radius 2 is 1.90 bits per heavy atom. The van der Waals surface area contributed by atoms with Gasteiger partial charge in [-0.05, 0) is 42.5 Å². The van der Waals surface area contributed by atoms with E-state index in [1.807, 2.05) is 42.5 Å². The van der Waals surface area contributed by atoms with Crippen LogP contribution >= 0.6 is 0 Å². The molecule has 4 rings (SSSR count). The smallest absolute Gasteiger partial charge is 0.287 e. The molecule has 0 aliphatic carbocycles. The zero-order valence-electron chi connectivity index (χ0n) is 15.8. The van der Waals surface area contributed by atoms with Gasteiger partial charge in [0.1, 0.15) is 11.3 Å². The van der Waals surface area contributed by atoms with E-state index in [4.69, 9.17) is 9.15 Å². The van der Waals surface area contributed by atoms with Gasteiger partial charge < -0.3 is 14.5 Å². The van der Waals surface area contributed by atoms with Gasteiger partial charge in [-0.3, -0.25) is 9.59 Å². The summed E-state index contributed by atoms with van der Waals surface area (Å²) in [7, 11) is 1.60. The third kappa shape index (κ3) is 4.03. The minimum absolute atomic E-state index is 0.235. The van der Waals surface area contributed by atoms with Crippen LogP contribution in [0.1, 0.15) is 10.6 Å². The standard InChI is InChI=1S/C22H19N3O4/c1-28-17-8-6-15(7-9-17)18-10-11-21(26)25(24-18)13-12-23-22(27)20-14-16-4-2-3-5-19(16)29-20/h2-11,14H,12-13H2,1H3,(H,23,27). The monoisotopic (exact) mass is 389 g/mol. The van der Waals surface area contributed by atoms with Crippen LogP contribution in [0.2, 0.25) is 0 Å². The number of fused-ring (bicyclic) bond motifs is 1. The minimum atomic E-state index is -0.333. The predicted octanol–water partition coefficient (Wildman–Crippen LogP) is 3.10. The van der Waals surface area contributed by atoms with Crippen LogP contribution in [0, 0.1) is 0 Å². The SMILES string of the molecule is COc1ccc(-c2ccc(=O)n(CCNC(=O)c3cc4ccccc4o3)n2)cc1. The van der Waals surface area contributed by atoms with Gasteiger partial charge in [-0.1, -0.05) is 18.2 Å². The molecule has 4 aromatic rings. The summed E-state index contributed by atoms with van der Waals surface area (Å²) in [5.74, 6) is 0.648. The highest BCUT2D eigenvalue weighted by molar-refractivity contribution is 5.96. The van der Waals surface area contributed by atoms with Gasteiger partial charge in [0.05, 0.1) is 19.3 Å². The van der Waals surface area contributed by atoms with E-state index < -0.39 is 0 Å². The fraction of sp³-hybridized carbons (Fsp3) is 0.136. The number of carbonyl (C=O) groups is 1. The fourth-order valence-corrected chi connectivity index (χ4v) is 2.98. The Kier molecular flexibility index (Phi) is 5.11. The van der Waals surface area contributed by atoms with Crippen molar-refractivity contribution in [3.63, 3.8) is 0 Å². The summed E-state index contributed by atoms with van der Waals surface area (Å²) >= 11 is 0. The van der Waals surface area contributed by atoms with Crippen molar-refractivity contribution in [2.24, 2.45) is 0 Å². The Balaban J connectivity index is 1.43. The van der Waals surface area contributed by atoms with Crippen molar-refractivity contribution in [1.82, 2.24) is 15.1 Å². The molecule has 0 radical (unpaired) electrons. The van der Waals surface area contributed by atoms with E-state index in [-0.39, 0.29) is 30.3 Å². The van der Waals surface area contributed by atoms with Crippen molar-refractivity contribution in [3.05, 3.63) is 82.8 Å². The lowest BCUT2D eigenvalue weighted by atomic mass is 10.1. The molecule has 2 aromatic heterocycles. The maximum absolute atomic E-state index is 12.3. The number of benzene rings is 2. The lowest BCUT2D eigenvalue weighted by Crippen LogP contribution is -2.31. The number of carbonyl (C=O) groups excluding carboxylic acids is 1. The minimum Gasteiger partial charge on any atom is -0.497 e. The van der Waals surface area contributed by atoms with Gasteiger partial charge in [-0.25, -0.2) is 4.68 Å². The fourth-order valence-electron chi connectivity index (χ4n) is 2.98. The van der Waals surface area contributed by atoms with Gasteiger partial charge in [0.25, 0.3) is 11.5 Å². The van der Waals surface area contributed by atoms with Gasteiger partial charge in [0.15, 0.2) is 5.76 Å². The Hall–Kier alpha value is -3.87. The molecule has 7 heteroatoms. The van der Waals surface area contributed by atoms with Gasteiger partial charge in [-0.15, -0.1) is 0 Å². The molecule has 2 heterocycles. The summed E-state index contributed by atoms with van der Waals surface area (Å²) in [6.45, 7) is 0.490. The lowest BCUT2D eigenvalue weighted by molar-refractivity contribution is 0.0926. The average molecular weight is 389 g/mol. The largest absolute Gasteiger partial charge is 0.497 e. The molecule has 0 fully saturated rings. The molecule has 0 saturated carbocycles. The molecular weight excluding hydrogens is 370 g/mol. The van der Waals surface area contributed by atoms with Crippen LogP contribution in [0.15, 0.2) is 75.9 Å². The van der Waals surface area contributed by atoms with E-state index in [1.165, 1.54) is 10.7 Å². The van der Waals surface area contributed by atoms with Crippen molar-refractivity contribution in [3.8, 4) is 17.0 Å². The zero-order valence-corrected chi connectivity index (χ0v) is 15.8. The first kappa shape index (κ1) is 18.5. The van der Waals surface area contributed by atoms with E-state index in [0.29, 0.717) is 11.3 Å². The molecular formula is C22H19N3O4. The van der Waals surface area contributed by atoms with E-state index >= 15 is 0 Å². The maximum Gasteiger partial charge on any atom is 0.287 e. The number of hydrogen-bond donors (Lipinski definition) is 1. The van der Waals surface area contributed by atoms with Crippen molar-refractivity contribution >= 4 is 16.9 Å². The molecule has 29 heavy (non-hydrogen) atoms. The van der Waals surface area contributed by atoms with Crippen molar-refractivity contribution < 1.29 is 13.9 Å². The highest BCUT2D eigenvalue weighted by Gasteiger charge is 2.12. The molecule has 0 aliphatic heterocycles. The topological polar surface area (TPSA) is 86.4 Å². The van der Waals surface area contributed by atoms with E-state index in [9.17, 15) is 9.59 Å². The second-order valence-corrected chi connectivity index (χ2v) is 6.41. The predicted molar refractivity (Wildman–Crippen MR) is 109 cm³/mol. The summed E-state index contributed by atoms with van der Waals surface area (Å²) in [6.07, 6.45) is 0. The molecule has 0 saturated heterocycles. The molecule has 2 aromatic carbocycles.